The molecule has 0 aliphatic rings. The first-order chi connectivity index (χ1) is 10.4. The molecule has 7 heteroatoms. The van der Waals surface area contributed by atoms with Gasteiger partial charge in [0.25, 0.3) is 10.0 Å². The van der Waals surface area contributed by atoms with Gasteiger partial charge in [-0.3, -0.25) is 4.31 Å². The molecule has 2 rings (SSSR count). The zero-order valence-corrected chi connectivity index (χ0v) is 13.7. The van der Waals surface area contributed by atoms with Crippen molar-refractivity contribution in [3.8, 4) is 0 Å². The van der Waals surface area contributed by atoms with Crippen molar-refractivity contribution in [2.45, 2.75) is 4.90 Å². The highest BCUT2D eigenvalue weighted by molar-refractivity contribution is 7.93. The van der Waals surface area contributed by atoms with Crippen LogP contribution in [0, 0.1) is 5.82 Å². The number of hydrogen-bond donors (Lipinski definition) is 0. The van der Waals surface area contributed by atoms with Crippen LogP contribution < -0.4 is 4.31 Å². The third-order valence-electron chi connectivity index (χ3n) is 2.88. The molecule has 0 saturated carbocycles. The lowest BCUT2D eigenvalue weighted by Crippen LogP contribution is -2.32. The molecular weight excluding hydrogens is 348 g/mol. The van der Waals surface area contributed by atoms with E-state index >= 15 is 0 Å². The molecule has 0 aliphatic heterocycles. The second kappa shape index (κ2) is 6.69. The van der Waals surface area contributed by atoms with Crippen LogP contribution in [0.25, 0.3) is 0 Å². The molecule has 0 N–H and O–H groups in total. The van der Waals surface area contributed by atoms with E-state index in [1.165, 1.54) is 42.5 Å². The summed E-state index contributed by atoms with van der Waals surface area (Å²) in [7, 11) is -4.09. The van der Waals surface area contributed by atoms with E-state index in [2.05, 4.69) is 6.58 Å². The predicted molar refractivity (Wildman–Crippen MR) is 87.6 cm³/mol. The van der Waals surface area contributed by atoms with Gasteiger partial charge in [-0.15, -0.1) is 6.58 Å². The van der Waals surface area contributed by atoms with Gasteiger partial charge in [0.2, 0.25) is 0 Å². The summed E-state index contributed by atoms with van der Waals surface area (Å²) in [6.07, 6.45) is 1.36. The molecule has 0 heterocycles. The zero-order valence-electron chi connectivity index (χ0n) is 11.3. The van der Waals surface area contributed by atoms with Crippen molar-refractivity contribution in [1.29, 1.82) is 0 Å². The monoisotopic (exact) mass is 359 g/mol. The average molecular weight is 360 g/mol. The number of sulfonamides is 1. The number of nitrogens with zero attached hydrogens (tertiary/aromatic N) is 1. The van der Waals surface area contributed by atoms with Crippen LogP contribution in [-0.2, 0) is 10.0 Å². The molecule has 0 amide bonds. The Morgan fingerprint density at radius 2 is 1.86 bits per heavy atom. The molecule has 0 unspecified atom stereocenters. The Morgan fingerprint density at radius 1 is 1.18 bits per heavy atom. The lowest BCUT2D eigenvalue weighted by molar-refractivity contribution is 0.587. The Bertz CT molecular complexity index is 809. The van der Waals surface area contributed by atoms with Gasteiger partial charge < -0.3 is 0 Å². The van der Waals surface area contributed by atoms with Crippen LogP contribution in [0.3, 0.4) is 0 Å². The van der Waals surface area contributed by atoms with E-state index in [9.17, 15) is 12.8 Å². The molecule has 0 saturated heterocycles. The summed E-state index contributed by atoms with van der Waals surface area (Å²) in [5.74, 6) is -0.661. The van der Waals surface area contributed by atoms with Gasteiger partial charge in [0.1, 0.15) is 10.7 Å². The summed E-state index contributed by atoms with van der Waals surface area (Å²) in [4.78, 5) is -0.188. The molecule has 0 radical (unpaired) electrons. The van der Waals surface area contributed by atoms with Gasteiger partial charge in [0.15, 0.2) is 0 Å². The molecular formula is C15H12Cl2FNO2S. The Morgan fingerprint density at radius 3 is 2.50 bits per heavy atom. The van der Waals surface area contributed by atoms with Gasteiger partial charge in [0.05, 0.1) is 17.3 Å². The van der Waals surface area contributed by atoms with Gasteiger partial charge >= 0.3 is 0 Å². The van der Waals surface area contributed by atoms with Gasteiger partial charge in [-0.05, 0) is 30.3 Å². The summed E-state index contributed by atoms with van der Waals surface area (Å²) in [5.41, 5.74) is -0.0848. The van der Waals surface area contributed by atoms with E-state index in [1.807, 2.05) is 0 Å². The van der Waals surface area contributed by atoms with Crippen molar-refractivity contribution in [2.24, 2.45) is 0 Å². The van der Waals surface area contributed by atoms with E-state index in [1.54, 1.807) is 6.07 Å². The summed E-state index contributed by atoms with van der Waals surface area (Å²) in [6.45, 7) is 3.41. The van der Waals surface area contributed by atoms with Crippen LogP contribution in [0.5, 0.6) is 0 Å². The minimum atomic E-state index is -4.09. The normalized spacial score (nSPS) is 11.2. The molecule has 0 fully saturated rings. The molecule has 22 heavy (non-hydrogen) atoms. The second-order valence-electron chi connectivity index (χ2n) is 4.35. The summed E-state index contributed by atoms with van der Waals surface area (Å²) in [5, 5.41) is 0.227. The Labute approximate surface area is 138 Å². The first-order valence-electron chi connectivity index (χ1n) is 6.21. The molecule has 0 atom stereocenters. The molecule has 2 aromatic carbocycles. The minimum absolute atomic E-state index is 0.00908. The number of benzene rings is 2. The third kappa shape index (κ3) is 3.27. The van der Waals surface area contributed by atoms with Crippen LogP contribution in [-0.4, -0.2) is 15.0 Å². The summed E-state index contributed by atoms with van der Waals surface area (Å²) in [6, 6.07) is 9.66. The van der Waals surface area contributed by atoms with E-state index in [4.69, 9.17) is 23.2 Å². The van der Waals surface area contributed by atoms with E-state index in [0.717, 1.165) is 4.31 Å². The first-order valence-corrected chi connectivity index (χ1v) is 8.40. The lowest BCUT2D eigenvalue weighted by atomic mass is 10.3. The van der Waals surface area contributed by atoms with Gasteiger partial charge in [-0.1, -0.05) is 41.4 Å². The summed E-state index contributed by atoms with van der Waals surface area (Å²) < 4.78 is 40.5. The second-order valence-corrected chi connectivity index (χ2v) is 7.03. The highest BCUT2D eigenvalue weighted by Gasteiger charge is 2.28. The highest BCUT2D eigenvalue weighted by atomic mass is 35.5. The minimum Gasteiger partial charge on any atom is -0.260 e. The molecule has 3 nitrogen and oxygen atoms in total. The first kappa shape index (κ1) is 16.8. The van der Waals surface area contributed by atoms with E-state index in [-0.39, 0.29) is 27.2 Å². The molecule has 0 aromatic heterocycles. The zero-order chi connectivity index (χ0) is 16.3. The van der Waals surface area contributed by atoms with Crippen LogP contribution >= 0.6 is 23.2 Å². The number of hydrogen-bond acceptors (Lipinski definition) is 2. The summed E-state index contributed by atoms with van der Waals surface area (Å²) >= 11 is 11.8. The molecule has 2 aromatic rings. The standard InChI is InChI=1S/C15H12Cl2FNO2S/c1-2-9-19(14-6-4-3-5-13(14)18)22(20,21)15-10-11(16)7-8-12(15)17/h2-8,10H,1,9H2. The number of rotatable bonds is 5. The molecule has 0 aliphatic carbocycles. The molecule has 0 bridgehead atoms. The highest BCUT2D eigenvalue weighted by Crippen LogP contribution is 2.31. The fourth-order valence-corrected chi connectivity index (χ4v) is 4.07. The van der Waals surface area contributed by atoms with Crippen molar-refractivity contribution >= 4 is 38.9 Å². The smallest absolute Gasteiger partial charge is 0.260 e. The van der Waals surface area contributed by atoms with E-state index < -0.39 is 15.8 Å². The number of anilines is 1. The lowest BCUT2D eigenvalue weighted by Gasteiger charge is -2.24. The van der Waals surface area contributed by atoms with Gasteiger partial charge in [-0.25, -0.2) is 12.8 Å². The maximum Gasteiger partial charge on any atom is 0.266 e. The number of halogens is 3. The largest absolute Gasteiger partial charge is 0.266 e. The molecule has 116 valence electrons. The van der Waals surface area contributed by atoms with Gasteiger partial charge in [-0.2, -0.15) is 0 Å². The Hall–Kier alpha value is -1.56. The van der Waals surface area contributed by atoms with Gasteiger partial charge in [0, 0.05) is 5.02 Å². The SMILES string of the molecule is C=CCN(c1ccccc1F)S(=O)(=O)c1cc(Cl)ccc1Cl. The van der Waals surface area contributed by atoms with Crippen LogP contribution in [0.1, 0.15) is 0 Å². The maximum atomic E-state index is 14.0. The predicted octanol–water partition coefficient (Wildman–Crippen LogP) is 4.51. The van der Waals surface area contributed by atoms with Crippen molar-refractivity contribution in [3.63, 3.8) is 0 Å². The van der Waals surface area contributed by atoms with Crippen molar-refractivity contribution < 1.29 is 12.8 Å². The third-order valence-corrected chi connectivity index (χ3v) is 5.37. The quantitative estimate of drug-likeness (QED) is 0.736. The van der Waals surface area contributed by atoms with Crippen LogP contribution in [0.15, 0.2) is 60.0 Å². The topological polar surface area (TPSA) is 37.4 Å². The van der Waals surface area contributed by atoms with E-state index in [0.29, 0.717) is 0 Å². The van der Waals surface area contributed by atoms with Crippen molar-refractivity contribution in [3.05, 3.63) is 71.0 Å². The Kier molecular flexibility index (Phi) is 5.11. The Balaban J connectivity index is 2.63. The maximum absolute atomic E-state index is 14.0. The fourth-order valence-electron chi connectivity index (χ4n) is 1.89. The molecule has 0 spiro atoms. The van der Waals surface area contributed by atoms with Crippen LogP contribution in [0.4, 0.5) is 10.1 Å². The van der Waals surface area contributed by atoms with Crippen LogP contribution in [0.2, 0.25) is 10.0 Å². The van der Waals surface area contributed by atoms with Crippen molar-refractivity contribution in [2.75, 3.05) is 10.8 Å². The van der Waals surface area contributed by atoms with Crippen molar-refractivity contribution in [1.82, 2.24) is 0 Å². The number of para-hydroxylation sites is 1. The fraction of sp³-hybridized carbons (Fsp3) is 0.0667. The average Bonchev–Trinajstić information content (AvgIpc) is 2.48.